The molecule has 0 fully saturated rings. The highest BCUT2D eigenvalue weighted by molar-refractivity contribution is 6.23. The average Bonchev–Trinajstić information content (AvgIpc) is 3.43. The third-order valence-corrected chi connectivity index (χ3v) is 9.40. The van der Waals surface area contributed by atoms with Crippen molar-refractivity contribution >= 4 is 76.2 Å². The molecule has 9 rings (SSSR count). The highest BCUT2D eigenvalue weighted by atomic mass is 16.1. The molecule has 0 radical (unpaired) electrons. The van der Waals surface area contributed by atoms with Gasteiger partial charge in [-0.3, -0.25) is 19.2 Å². The molecule has 0 aliphatic carbocycles. The van der Waals surface area contributed by atoms with E-state index in [1.807, 2.05) is 72.9 Å². The van der Waals surface area contributed by atoms with Crippen LogP contribution in [0.15, 0.2) is 79.8 Å². The van der Waals surface area contributed by atoms with Crippen LogP contribution in [0.5, 0.6) is 0 Å². The molecule has 6 aromatic heterocycles. The van der Waals surface area contributed by atoms with E-state index in [2.05, 4.69) is 0 Å². The molecule has 6 heteroatoms. The van der Waals surface area contributed by atoms with Crippen LogP contribution in [0.2, 0.25) is 0 Å². The summed E-state index contributed by atoms with van der Waals surface area (Å²) in [5.74, 6) is 0.343. The van der Waals surface area contributed by atoms with Crippen LogP contribution in [0, 0.1) is 0 Å². The van der Waals surface area contributed by atoms with Gasteiger partial charge >= 0.3 is 0 Å². The van der Waals surface area contributed by atoms with Crippen molar-refractivity contribution in [3.05, 3.63) is 113 Å². The summed E-state index contributed by atoms with van der Waals surface area (Å²) < 4.78 is 4.05. The Morgan fingerprint density at radius 1 is 0.381 bits per heavy atom. The number of hydrogen-bond donors (Lipinski definition) is 0. The molecule has 0 unspecified atom stereocenters. The minimum atomic E-state index is -0.125. The zero-order valence-electron chi connectivity index (χ0n) is 23.5. The Balaban J connectivity index is 1.52. The minimum Gasteiger partial charge on any atom is -0.307 e. The van der Waals surface area contributed by atoms with Crippen molar-refractivity contribution in [1.29, 1.82) is 0 Å². The SMILES string of the molecule is CC(C)c1cc2c(=O)cc3c4cc5c(cc4c4cc(=O)c(c1)c2n34)c1cc(=O)c2cc(C(C)C)cc3c(=O)cc5n1c32. The molecule has 202 valence electrons. The molecule has 6 nitrogen and oxygen atoms in total. The lowest BCUT2D eigenvalue weighted by Gasteiger charge is -2.12. The Labute approximate surface area is 237 Å². The summed E-state index contributed by atoms with van der Waals surface area (Å²) >= 11 is 0. The van der Waals surface area contributed by atoms with Crippen LogP contribution in [-0.2, 0) is 0 Å². The van der Waals surface area contributed by atoms with E-state index in [9.17, 15) is 19.2 Å². The Hall–Kier alpha value is -5.10. The molecule has 0 saturated heterocycles. The van der Waals surface area contributed by atoms with Gasteiger partial charge in [-0.1, -0.05) is 27.7 Å². The highest BCUT2D eigenvalue weighted by Gasteiger charge is 2.23. The summed E-state index contributed by atoms with van der Waals surface area (Å²) in [5, 5.41) is 5.46. The number of benzene rings is 3. The van der Waals surface area contributed by atoms with Crippen molar-refractivity contribution in [3.63, 3.8) is 0 Å². The van der Waals surface area contributed by atoms with Crippen LogP contribution in [0.1, 0.15) is 50.7 Å². The zero-order valence-corrected chi connectivity index (χ0v) is 23.5. The van der Waals surface area contributed by atoms with E-state index in [0.29, 0.717) is 32.6 Å². The maximum absolute atomic E-state index is 13.5. The van der Waals surface area contributed by atoms with Crippen LogP contribution in [0.25, 0.3) is 76.2 Å². The third-order valence-electron chi connectivity index (χ3n) is 9.40. The van der Waals surface area contributed by atoms with Crippen LogP contribution in [-0.4, -0.2) is 8.80 Å². The summed E-state index contributed by atoms with van der Waals surface area (Å²) in [7, 11) is 0. The first-order chi connectivity index (χ1) is 20.1. The lowest BCUT2D eigenvalue weighted by atomic mass is 9.97. The van der Waals surface area contributed by atoms with Gasteiger partial charge < -0.3 is 8.80 Å². The molecule has 0 N–H and O–H groups in total. The lowest BCUT2D eigenvalue weighted by molar-refractivity contribution is 0.869. The number of fused-ring (bicyclic) bond motifs is 6. The van der Waals surface area contributed by atoms with Gasteiger partial charge in [-0.25, -0.2) is 0 Å². The normalized spacial score (nSPS) is 13.1. The second-order valence-corrected chi connectivity index (χ2v) is 12.4. The number of rotatable bonds is 2. The van der Waals surface area contributed by atoms with E-state index in [1.165, 1.54) is 0 Å². The van der Waals surface area contributed by atoms with Crippen molar-refractivity contribution in [1.82, 2.24) is 8.80 Å². The molecule has 0 bridgehead atoms. The van der Waals surface area contributed by atoms with Crippen molar-refractivity contribution in [2.45, 2.75) is 39.5 Å². The van der Waals surface area contributed by atoms with Gasteiger partial charge in [-0.2, -0.15) is 0 Å². The van der Waals surface area contributed by atoms with Crippen molar-refractivity contribution in [2.75, 3.05) is 0 Å². The molecular formula is C36H24N2O4. The van der Waals surface area contributed by atoms with E-state index in [0.717, 1.165) is 54.7 Å². The van der Waals surface area contributed by atoms with Gasteiger partial charge in [0.1, 0.15) is 0 Å². The lowest BCUT2D eigenvalue weighted by Crippen LogP contribution is -2.11. The molecule has 0 atom stereocenters. The molecule has 0 saturated carbocycles. The molecule has 0 spiro atoms. The van der Waals surface area contributed by atoms with Gasteiger partial charge in [0.2, 0.25) is 0 Å². The van der Waals surface area contributed by atoms with Gasteiger partial charge in [0, 0.05) is 67.4 Å². The average molecular weight is 549 g/mol. The predicted octanol–water partition coefficient (Wildman–Crippen LogP) is 6.55. The maximum Gasteiger partial charge on any atom is 0.190 e. The minimum absolute atomic E-state index is 0.125. The number of nitrogens with zero attached hydrogens (tertiary/aromatic N) is 2. The van der Waals surface area contributed by atoms with E-state index < -0.39 is 0 Å². The van der Waals surface area contributed by atoms with E-state index in [4.69, 9.17) is 0 Å². The molecule has 9 aromatic rings. The first-order valence-corrected chi connectivity index (χ1v) is 14.3. The maximum atomic E-state index is 13.5. The standard InChI is InChI=1S/C36H24N2O4/c1-15(2)17-5-23-31(39)11-27-19-9-21-22(10-20(19)28-12-32(40)24(6-17)35(23)37(27)28)30-14-34(42)26-8-18(16(3)4)7-25-33(41)13-29(21)38(30)36(25)26/h5-16H,1-4H3. The Kier molecular flexibility index (Phi) is 4.15. The predicted molar refractivity (Wildman–Crippen MR) is 171 cm³/mol. The van der Waals surface area contributed by atoms with Crippen molar-refractivity contribution in [3.8, 4) is 0 Å². The molecule has 0 aliphatic rings. The molecular weight excluding hydrogens is 524 g/mol. The van der Waals surface area contributed by atoms with Gasteiger partial charge in [-0.15, -0.1) is 0 Å². The van der Waals surface area contributed by atoms with Gasteiger partial charge in [-0.05, 0) is 59.4 Å². The summed E-state index contributed by atoms with van der Waals surface area (Å²) in [5.41, 5.74) is 5.59. The smallest absolute Gasteiger partial charge is 0.190 e. The number of pyridine rings is 4. The Bertz CT molecular complexity index is 2500. The van der Waals surface area contributed by atoms with Gasteiger partial charge in [0.15, 0.2) is 21.7 Å². The second kappa shape index (κ2) is 7.39. The molecule has 42 heavy (non-hydrogen) atoms. The van der Waals surface area contributed by atoms with Crippen LogP contribution >= 0.6 is 0 Å². The first kappa shape index (κ1) is 23.6. The van der Waals surface area contributed by atoms with E-state index >= 15 is 0 Å². The van der Waals surface area contributed by atoms with Crippen LogP contribution < -0.4 is 21.7 Å². The monoisotopic (exact) mass is 548 g/mol. The Morgan fingerprint density at radius 2 is 0.643 bits per heavy atom. The summed E-state index contributed by atoms with van der Waals surface area (Å²) in [6.45, 7) is 8.20. The first-order valence-electron chi connectivity index (χ1n) is 14.3. The van der Waals surface area contributed by atoms with Crippen molar-refractivity contribution < 1.29 is 0 Å². The summed E-state index contributed by atoms with van der Waals surface area (Å²) in [6.07, 6.45) is 0. The molecule has 3 aromatic carbocycles. The summed E-state index contributed by atoms with van der Waals surface area (Å²) in [4.78, 5) is 54.1. The Morgan fingerprint density at radius 3 is 0.881 bits per heavy atom. The highest BCUT2D eigenvalue weighted by Crippen LogP contribution is 2.40. The van der Waals surface area contributed by atoms with Gasteiger partial charge in [0.05, 0.1) is 33.1 Å². The van der Waals surface area contributed by atoms with Crippen molar-refractivity contribution in [2.24, 2.45) is 0 Å². The van der Waals surface area contributed by atoms with E-state index in [1.54, 1.807) is 24.3 Å². The summed E-state index contributed by atoms with van der Waals surface area (Å²) in [6, 6.07) is 18.3. The zero-order chi connectivity index (χ0) is 28.9. The topological polar surface area (TPSA) is 77.1 Å². The quantitative estimate of drug-likeness (QED) is 0.246. The fourth-order valence-corrected chi connectivity index (χ4v) is 7.26. The molecule has 0 aliphatic heterocycles. The number of aromatic nitrogens is 2. The third kappa shape index (κ3) is 2.66. The van der Waals surface area contributed by atoms with E-state index in [-0.39, 0.29) is 33.6 Å². The fraction of sp³-hybridized carbons (Fsp3) is 0.167. The second-order valence-electron chi connectivity index (χ2n) is 12.4. The van der Waals surface area contributed by atoms with Crippen LogP contribution in [0.3, 0.4) is 0 Å². The number of hydrogen-bond acceptors (Lipinski definition) is 4. The fourth-order valence-electron chi connectivity index (χ4n) is 7.26. The molecule has 0 amide bonds. The van der Waals surface area contributed by atoms with Crippen LogP contribution in [0.4, 0.5) is 0 Å². The largest absolute Gasteiger partial charge is 0.307 e. The molecule has 6 heterocycles. The van der Waals surface area contributed by atoms with Gasteiger partial charge in [0.25, 0.3) is 0 Å².